The van der Waals surface area contributed by atoms with Crippen molar-refractivity contribution in [2.45, 2.75) is 69.9 Å². The Bertz CT molecular complexity index is 819. The van der Waals surface area contributed by atoms with E-state index in [1.54, 1.807) is 16.4 Å². The predicted molar refractivity (Wildman–Crippen MR) is 142 cm³/mol. The summed E-state index contributed by atoms with van der Waals surface area (Å²) in [5.41, 5.74) is 0.753. The zero-order chi connectivity index (χ0) is 22.1. The molecule has 0 radical (unpaired) electrons. The summed E-state index contributed by atoms with van der Waals surface area (Å²) in [5.74, 6) is 0.765. The number of hydrogen-bond donors (Lipinski definition) is 2. The van der Waals surface area contributed by atoms with E-state index < -0.39 is 10.0 Å². The summed E-state index contributed by atoms with van der Waals surface area (Å²) in [6.45, 7) is 10.0. The van der Waals surface area contributed by atoms with Gasteiger partial charge in [-0.3, -0.25) is 0 Å². The Kier molecular flexibility index (Phi) is 11.7. The molecular formula is C23H40IN5O2S. The summed E-state index contributed by atoms with van der Waals surface area (Å²) < 4.78 is 28.1. The SMILES string of the molecule is CCCN1CCC(NC(=NCc2ccccc2S(=O)(=O)N2CCCCC2)NCC)CC1.I. The fourth-order valence-electron chi connectivity index (χ4n) is 4.43. The molecule has 0 atom stereocenters. The van der Waals surface area contributed by atoms with E-state index in [0.29, 0.717) is 30.6 Å². The van der Waals surface area contributed by atoms with Gasteiger partial charge < -0.3 is 15.5 Å². The number of halogens is 1. The van der Waals surface area contributed by atoms with Crippen LogP contribution in [-0.4, -0.2) is 68.9 Å². The summed E-state index contributed by atoms with van der Waals surface area (Å²) in [6.07, 6.45) is 6.37. The first-order valence-electron chi connectivity index (χ1n) is 11.9. The van der Waals surface area contributed by atoms with Crippen molar-refractivity contribution in [3.63, 3.8) is 0 Å². The van der Waals surface area contributed by atoms with Crippen LogP contribution in [0.1, 0.15) is 57.9 Å². The Morgan fingerprint density at radius 3 is 2.41 bits per heavy atom. The molecule has 1 aromatic carbocycles. The lowest BCUT2D eigenvalue weighted by Gasteiger charge is -2.32. The van der Waals surface area contributed by atoms with E-state index in [4.69, 9.17) is 4.99 Å². The van der Waals surface area contributed by atoms with Crippen LogP contribution in [0.4, 0.5) is 0 Å². The molecule has 3 rings (SSSR count). The standard InChI is InChI=1S/C23H39N5O2S.HI/c1-3-14-27-17-12-21(13-18-27)26-23(24-4-2)25-19-20-10-6-7-11-22(20)31(29,30)28-15-8-5-9-16-28;/h6-7,10-11,21H,3-5,8-9,12-19H2,1-2H3,(H2,24,25,26);1H. The average Bonchev–Trinajstić information content (AvgIpc) is 2.80. The molecule has 2 aliphatic heterocycles. The van der Waals surface area contributed by atoms with Gasteiger partial charge in [-0.15, -0.1) is 24.0 Å². The van der Waals surface area contributed by atoms with Crippen LogP contribution >= 0.6 is 24.0 Å². The molecule has 32 heavy (non-hydrogen) atoms. The van der Waals surface area contributed by atoms with Crippen LogP contribution in [0, 0.1) is 0 Å². The van der Waals surface area contributed by atoms with Gasteiger partial charge in [0.1, 0.15) is 0 Å². The molecule has 2 fully saturated rings. The van der Waals surface area contributed by atoms with Crippen molar-refractivity contribution in [3.05, 3.63) is 29.8 Å². The van der Waals surface area contributed by atoms with Crippen molar-refractivity contribution in [1.29, 1.82) is 0 Å². The molecule has 0 spiro atoms. The van der Waals surface area contributed by atoms with Crippen LogP contribution in [0.2, 0.25) is 0 Å². The van der Waals surface area contributed by atoms with E-state index in [1.165, 1.54) is 13.0 Å². The number of sulfonamides is 1. The summed E-state index contributed by atoms with van der Waals surface area (Å²) in [7, 11) is -3.47. The fourth-order valence-corrected chi connectivity index (χ4v) is 6.16. The third-order valence-electron chi connectivity index (χ3n) is 6.13. The lowest BCUT2D eigenvalue weighted by Crippen LogP contribution is -2.48. The van der Waals surface area contributed by atoms with Gasteiger partial charge >= 0.3 is 0 Å². The van der Waals surface area contributed by atoms with E-state index >= 15 is 0 Å². The van der Waals surface area contributed by atoms with E-state index in [2.05, 4.69) is 29.4 Å². The van der Waals surface area contributed by atoms with Crippen LogP contribution in [0.15, 0.2) is 34.2 Å². The van der Waals surface area contributed by atoms with Crippen LogP contribution in [0.25, 0.3) is 0 Å². The van der Waals surface area contributed by atoms with Crippen molar-refractivity contribution in [1.82, 2.24) is 19.8 Å². The summed E-state index contributed by atoms with van der Waals surface area (Å²) in [5, 5.41) is 6.89. The Hall–Kier alpha value is -0.910. The molecule has 9 heteroatoms. The molecule has 1 aromatic rings. The minimum Gasteiger partial charge on any atom is -0.357 e. The first-order valence-corrected chi connectivity index (χ1v) is 13.3. The average molecular weight is 578 g/mol. The molecule has 182 valence electrons. The highest BCUT2D eigenvalue weighted by molar-refractivity contribution is 14.0. The molecule has 0 bridgehead atoms. The minimum atomic E-state index is -3.47. The largest absolute Gasteiger partial charge is 0.357 e. The highest BCUT2D eigenvalue weighted by atomic mass is 127. The Balaban J connectivity index is 0.00000363. The number of benzene rings is 1. The number of nitrogens with zero attached hydrogens (tertiary/aromatic N) is 3. The number of nitrogens with one attached hydrogen (secondary N) is 2. The van der Waals surface area contributed by atoms with Gasteiger partial charge in [-0.2, -0.15) is 4.31 Å². The van der Waals surface area contributed by atoms with Crippen molar-refractivity contribution >= 4 is 40.0 Å². The van der Waals surface area contributed by atoms with Gasteiger partial charge in [0.25, 0.3) is 0 Å². The zero-order valence-corrected chi connectivity index (χ0v) is 22.7. The van der Waals surface area contributed by atoms with Crippen molar-refractivity contribution in [2.75, 3.05) is 39.3 Å². The topological polar surface area (TPSA) is 77.0 Å². The van der Waals surface area contributed by atoms with Gasteiger partial charge in [-0.05, 0) is 57.2 Å². The van der Waals surface area contributed by atoms with E-state index in [1.807, 2.05) is 12.1 Å². The van der Waals surface area contributed by atoms with Crippen molar-refractivity contribution < 1.29 is 8.42 Å². The molecule has 2 heterocycles. The van der Waals surface area contributed by atoms with Gasteiger partial charge in [0.15, 0.2) is 5.96 Å². The number of rotatable bonds is 8. The molecule has 0 amide bonds. The zero-order valence-electron chi connectivity index (χ0n) is 19.6. The van der Waals surface area contributed by atoms with Gasteiger partial charge in [-0.1, -0.05) is 31.5 Å². The predicted octanol–water partition coefficient (Wildman–Crippen LogP) is 3.41. The first-order chi connectivity index (χ1) is 15.0. The molecular weight excluding hydrogens is 537 g/mol. The van der Waals surface area contributed by atoms with E-state index in [0.717, 1.165) is 63.3 Å². The Labute approximate surface area is 211 Å². The van der Waals surface area contributed by atoms with Gasteiger partial charge in [-0.25, -0.2) is 13.4 Å². The maximum atomic E-state index is 13.2. The van der Waals surface area contributed by atoms with E-state index in [9.17, 15) is 8.42 Å². The molecule has 2 N–H and O–H groups in total. The Morgan fingerprint density at radius 2 is 1.75 bits per heavy atom. The Morgan fingerprint density at radius 1 is 1.06 bits per heavy atom. The number of aliphatic imine (C=N–C) groups is 1. The summed E-state index contributed by atoms with van der Waals surface area (Å²) in [4.78, 5) is 7.66. The summed E-state index contributed by atoms with van der Waals surface area (Å²) in [6, 6.07) is 7.70. The molecule has 2 aliphatic rings. The van der Waals surface area contributed by atoms with Crippen LogP contribution < -0.4 is 10.6 Å². The maximum Gasteiger partial charge on any atom is 0.243 e. The lowest BCUT2D eigenvalue weighted by atomic mass is 10.1. The minimum absolute atomic E-state index is 0. The highest BCUT2D eigenvalue weighted by Gasteiger charge is 2.28. The maximum absolute atomic E-state index is 13.2. The second-order valence-electron chi connectivity index (χ2n) is 8.53. The molecule has 7 nitrogen and oxygen atoms in total. The second-order valence-corrected chi connectivity index (χ2v) is 10.4. The van der Waals surface area contributed by atoms with Gasteiger partial charge in [0.05, 0.1) is 11.4 Å². The number of piperidine rings is 2. The van der Waals surface area contributed by atoms with Gasteiger partial charge in [0, 0.05) is 38.8 Å². The highest BCUT2D eigenvalue weighted by Crippen LogP contribution is 2.24. The quantitative estimate of drug-likeness (QED) is 0.282. The van der Waals surface area contributed by atoms with Crippen molar-refractivity contribution in [2.24, 2.45) is 4.99 Å². The molecule has 2 saturated heterocycles. The van der Waals surface area contributed by atoms with Crippen LogP contribution in [-0.2, 0) is 16.6 Å². The van der Waals surface area contributed by atoms with E-state index in [-0.39, 0.29) is 24.0 Å². The molecule has 0 aliphatic carbocycles. The van der Waals surface area contributed by atoms with Crippen LogP contribution in [0.3, 0.4) is 0 Å². The third kappa shape index (κ3) is 7.56. The fraction of sp³-hybridized carbons (Fsp3) is 0.696. The third-order valence-corrected chi connectivity index (χ3v) is 8.12. The normalized spacial score (nSPS) is 19.4. The molecule has 0 aromatic heterocycles. The number of likely N-dealkylation sites (tertiary alicyclic amines) is 1. The van der Waals surface area contributed by atoms with Gasteiger partial charge in [0.2, 0.25) is 10.0 Å². The lowest BCUT2D eigenvalue weighted by molar-refractivity contribution is 0.206. The molecule has 0 saturated carbocycles. The monoisotopic (exact) mass is 577 g/mol. The summed E-state index contributed by atoms with van der Waals surface area (Å²) >= 11 is 0. The number of hydrogen-bond acceptors (Lipinski definition) is 4. The smallest absolute Gasteiger partial charge is 0.243 e. The molecule has 0 unspecified atom stereocenters. The van der Waals surface area contributed by atoms with Crippen molar-refractivity contribution in [3.8, 4) is 0 Å². The van der Waals surface area contributed by atoms with Crippen LogP contribution in [0.5, 0.6) is 0 Å². The first kappa shape index (κ1) is 27.3. The number of guanidine groups is 1. The second kappa shape index (κ2) is 13.7.